The summed E-state index contributed by atoms with van der Waals surface area (Å²) in [5.74, 6) is 1.18. The van der Waals surface area contributed by atoms with E-state index in [1.165, 1.54) is 57.2 Å². The molecule has 2 atom stereocenters. The molecule has 0 spiro atoms. The fourth-order valence-electron chi connectivity index (χ4n) is 4.38. The molecule has 3 rings (SSSR count). The molecule has 2 unspecified atom stereocenters. The molecule has 1 aliphatic heterocycles. The van der Waals surface area contributed by atoms with Crippen molar-refractivity contribution in [2.45, 2.75) is 43.9 Å². The van der Waals surface area contributed by atoms with Crippen LogP contribution in [0, 0.1) is 5.92 Å². The summed E-state index contributed by atoms with van der Waals surface area (Å²) >= 11 is 0. The lowest BCUT2D eigenvalue weighted by Crippen LogP contribution is -2.41. The van der Waals surface area contributed by atoms with Crippen LogP contribution in [-0.2, 0) is 5.41 Å². The summed E-state index contributed by atoms with van der Waals surface area (Å²) in [6.45, 7) is 2.44. The monoisotopic (exact) mass is 259 g/mol. The molecule has 1 aromatic rings. The number of nitrogens with zero attached hydrogens (tertiary/aromatic N) is 1. The quantitative estimate of drug-likeness (QED) is 0.833. The first-order valence-electron chi connectivity index (χ1n) is 7.69. The van der Waals surface area contributed by atoms with E-state index in [1.807, 2.05) is 12.1 Å². The maximum absolute atomic E-state index is 9.84. The van der Waals surface area contributed by atoms with E-state index in [1.54, 1.807) is 6.07 Å². The molecule has 0 radical (unpaired) electrons. The largest absolute Gasteiger partial charge is 0.508 e. The molecule has 1 saturated carbocycles. The molecule has 19 heavy (non-hydrogen) atoms. The van der Waals surface area contributed by atoms with Gasteiger partial charge in [-0.2, -0.15) is 0 Å². The highest BCUT2D eigenvalue weighted by Gasteiger charge is 2.43. The molecular formula is C17H25NO. The fraction of sp³-hybridized carbons (Fsp3) is 0.647. The number of benzene rings is 1. The first kappa shape index (κ1) is 13.0. The Bertz CT molecular complexity index is 445. The molecule has 104 valence electrons. The fourth-order valence-corrected chi connectivity index (χ4v) is 4.38. The van der Waals surface area contributed by atoms with Gasteiger partial charge in [-0.1, -0.05) is 25.0 Å². The van der Waals surface area contributed by atoms with E-state index in [0.717, 1.165) is 5.92 Å². The smallest absolute Gasteiger partial charge is 0.115 e. The van der Waals surface area contributed by atoms with Crippen molar-refractivity contribution in [1.29, 1.82) is 0 Å². The Balaban J connectivity index is 2.00. The van der Waals surface area contributed by atoms with Gasteiger partial charge in [0.15, 0.2) is 0 Å². The van der Waals surface area contributed by atoms with Gasteiger partial charge in [0.2, 0.25) is 0 Å². The number of hydrogen-bond acceptors (Lipinski definition) is 2. The van der Waals surface area contributed by atoms with E-state index in [-0.39, 0.29) is 0 Å². The van der Waals surface area contributed by atoms with Crippen molar-refractivity contribution in [3.8, 4) is 5.75 Å². The highest BCUT2D eigenvalue weighted by Crippen LogP contribution is 2.49. The van der Waals surface area contributed by atoms with Crippen LogP contribution in [0.1, 0.15) is 44.1 Å². The molecule has 0 bridgehead atoms. The van der Waals surface area contributed by atoms with Crippen molar-refractivity contribution < 1.29 is 5.11 Å². The molecule has 1 aliphatic carbocycles. The summed E-state index contributed by atoms with van der Waals surface area (Å²) in [5.41, 5.74) is 1.70. The minimum Gasteiger partial charge on any atom is -0.508 e. The average molecular weight is 259 g/mol. The van der Waals surface area contributed by atoms with Crippen LogP contribution in [0.25, 0.3) is 0 Å². The lowest BCUT2D eigenvalue weighted by atomic mass is 9.61. The van der Waals surface area contributed by atoms with Gasteiger partial charge in [-0.05, 0) is 68.3 Å². The molecule has 2 aliphatic rings. The number of phenolic OH excluding ortho intramolecular Hbond substituents is 1. The van der Waals surface area contributed by atoms with Crippen molar-refractivity contribution in [3.05, 3.63) is 29.8 Å². The lowest BCUT2D eigenvalue weighted by molar-refractivity contribution is 0.156. The predicted molar refractivity (Wildman–Crippen MR) is 78.5 cm³/mol. The van der Waals surface area contributed by atoms with Crippen molar-refractivity contribution >= 4 is 0 Å². The third-order valence-electron chi connectivity index (χ3n) is 5.32. The summed E-state index contributed by atoms with van der Waals surface area (Å²) in [4.78, 5) is 2.50. The average Bonchev–Trinajstić information content (AvgIpc) is 2.57. The molecule has 2 nitrogen and oxygen atoms in total. The normalized spacial score (nSPS) is 32.6. The van der Waals surface area contributed by atoms with Crippen molar-refractivity contribution in [1.82, 2.24) is 4.90 Å². The van der Waals surface area contributed by atoms with Gasteiger partial charge in [-0.3, -0.25) is 0 Å². The van der Waals surface area contributed by atoms with E-state index in [4.69, 9.17) is 0 Å². The SMILES string of the molecule is CN1CCCC2(c3cccc(O)c3)CCCCC2C1. The summed E-state index contributed by atoms with van der Waals surface area (Å²) in [7, 11) is 2.26. The van der Waals surface area contributed by atoms with Crippen LogP contribution in [0.3, 0.4) is 0 Å². The van der Waals surface area contributed by atoms with E-state index in [2.05, 4.69) is 18.0 Å². The van der Waals surface area contributed by atoms with Crippen LogP contribution in [0.15, 0.2) is 24.3 Å². The van der Waals surface area contributed by atoms with Crippen molar-refractivity contribution in [3.63, 3.8) is 0 Å². The van der Waals surface area contributed by atoms with E-state index in [0.29, 0.717) is 11.2 Å². The van der Waals surface area contributed by atoms with E-state index >= 15 is 0 Å². The molecule has 2 fully saturated rings. The van der Waals surface area contributed by atoms with Gasteiger partial charge in [0.25, 0.3) is 0 Å². The maximum Gasteiger partial charge on any atom is 0.115 e. The molecular weight excluding hydrogens is 234 g/mol. The Morgan fingerprint density at radius 2 is 2.05 bits per heavy atom. The zero-order chi connectivity index (χ0) is 13.3. The molecule has 1 saturated heterocycles. The highest BCUT2D eigenvalue weighted by molar-refractivity contribution is 5.34. The molecule has 1 aromatic carbocycles. The van der Waals surface area contributed by atoms with Crippen LogP contribution in [0.4, 0.5) is 0 Å². The van der Waals surface area contributed by atoms with Crippen molar-refractivity contribution in [2.24, 2.45) is 5.92 Å². The van der Waals surface area contributed by atoms with Gasteiger partial charge >= 0.3 is 0 Å². The molecule has 0 aromatic heterocycles. The number of hydrogen-bond donors (Lipinski definition) is 1. The maximum atomic E-state index is 9.84. The zero-order valence-electron chi connectivity index (χ0n) is 11.9. The second kappa shape index (κ2) is 5.16. The van der Waals surface area contributed by atoms with Crippen molar-refractivity contribution in [2.75, 3.05) is 20.1 Å². The molecule has 0 amide bonds. The number of likely N-dealkylation sites (tertiary alicyclic amines) is 1. The third kappa shape index (κ3) is 2.38. The number of aromatic hydroxyl groups is 1. The van der Waals surface area contributed by atoms with E-state index in [9.17, 15) is 5.11 Å². The third-order valence-corrected chi connectivity index (χ3v) is 5.32. The van der Waals surface area contributed by atoms with Gasteiger partial charge in [0.1, 0.15) is 5.75 Å². The predicted octanol–water partition coefficient (Wildman–Crippen LogP) is 3.55. The number of fused-ring (bicyclic) bond motifs is 1. The Morgan fingerprint density at radius 1 is 1.21 bits per heavy atom. The second-order valence-corrected chi connectivity index (χ2v) is 6.51. The van der Waals surface area contributed by atoms with Gasteiger partial charge < -0.3 is 10.0 Å². The van der Waals surface area contributed by atoms with Crippen LogP contribution in [-0.4, -0.2) is 30.1 Å². The Labute approximate surface area is 116 Å². The Kier molecular flexibility index (Phi) is 3.53. The minimum absolute atomic E-state index is 0.321. The Hall–Kier alpha value is -1.02. The summed E-state index contributed by atoms with van der Waals surface area (Å²) in [6, 6.07) is 8.06. The summed E-state index contributed by atoms with van der Waals surface area (Å²) < 4.78 is 0. The Morgan fingerprint density at radius 3 is 2.89 bits per heavy atom. The van der Waals surface area contributed by atoms with Crippen LogP contribution >= 0.6 is 0 Å². The zero-order valence-corrected chi connectivity index (χ0v) is 11.9. The van der Waals surface area contributed by atoms with Gasteiger partial charge in [-0.25, -0.2) is 0 Å². The van der Waals surface area contributed by atoms with E-state index < -0.39 is 0 Å². The number of rotatable bonds is 1. The minimum atomic E-state index is 0.321. The molecule has 1 heterocycles. The van der Waals surface area contributed by atoms with Gasteiger partial charge in [0.05, 0.1) is 0 Å². The van der Waals surface area contributed by atoms with Gasteiger partial charge in [0, 0.05) is 6.54 Å². The van der Waals surface area contributed by atoms with Crippen LogP contribution < -0.4 is 0 Å². The first-order chi connectivity index (χ1) is 9.21. The van der Waals surface area contributed by atoms with Gasteiger partial charge in [-0.15, -0.1) is 0 Å². The molecule has 2 heteroatoms. The summed E-state index contributed by atoms with van der Waals surface area (Å²) in [5, 5.41) is 9.84. The standard InChI is InChI=1S/C17H25NO/c1-18-11-5-10-17(9-3-2-6-15(17)13-18)14-7-4-8-16(19)12-14/h4,7-8,12,15,19H,2-3,5-6,9-11,13H2,1H3. The lowest BCUT2D eigenvalue weighted by Gasteiger charge is -2.44. The second-order valence-electron chi connectivity index (χ2n) is 6.51. The molecule has 1 N–H and O–H groups in total. The number of phenols is 1. The summed E-state index contributed by atoms with van der Waals surface area (Å²) in [6.07, 6.45) is 7.93. The van der Waals surface area contributed by atoms with Crippen LogP contribution in [0.2, 0.25) is 0 Å². The first-order valence-corrected chi connectivity index (χ1v) is 7.69. The highest BCUT2D eigenvalue weighted by atomic mass is 16.3. The van der Waals surface area contributed by atoms with Crippen LogP contribution in [0.5, 0.6) is 5.75 Å². The topological polar surface area (TPSA) is 23.5 Å².